The summed E-state index contributed by atoms with van der Waals surface area (Å²) < 4.78 is 22.2. The number of rotatable bonds is 9. The van der Waals surface area contributed by atoms with E-state index in [-0.39, 0.29) is 17.7 Å². The highest BCUT2D eigenvalue weighted by atomic mass is 19.1. The Balaban J connectivity index is 1.39. The highest BCUT2D eigenvalue weighted by molar-refractivity contribution is 6.01. The molecule has 1 aliphatic rings. The van der Waals surface area contributed by atoms with Gasteiger partial charge in [0.15, 0.2) is 5.82 Å². The molecular weight excluding hydrogens is 501 g/mol. The van der Waals surface area contributed by atoms with Gasteiger partial charge in [-0.25, -0.2) is 14.4 Å². The standard InChI is InChI=1S/C27H36FN9O2/c1-6-39-26-22(15-36(5)34-26)32-27-30-13-20(28)23(33-27)19-12-29-24-18(19)8-7-9-21(24)31-25(38)17(3)37-11-10-35(4)16(2)14-37/h7-9,12-13,15-17,25,29,31,38H,6,10-11,14H2,1-5H3,(H,30,32,33)/t16-,17-,25?/m1/s1. The molecule has 3 atom stereocenters. The van der Waals surface area contributed by atoms with Gasteiger partial charge in [-0.05, 0) is 33.9 Å². The van der Waals surface area contributed by atoms with Gasteiger partial charge in [0.05, 0.1) is 36.2 Å². The number of para-hydroxylation sites is 1. The Morgan fingerprint density at radius 2 is 2.08 bits per heavy atom. The van der Waals surface area contributed by atoms with Gasteiger partial charge < -0.3 is 30.4 Å². The number of hydrogen-bond donors (Lipinski definition) is 4. The number of nitrogens with one attached hydrogen (secondary N) is 3. The van der Waals surface area contributed by atoms with Gasteiger partial charge in [0, 0.05) is 49.9 Å². The molecule has 1 unspecified atom stereocenters. The van der Waals surface area contributed by atoms with Gasteiger partial charge in [-0.1, -0.05) is 12.1 Å². The zero-order valence-corrected chi connectivity index (χ0v) is 22.9. The number of aryl methyl sites for hydroxylation is 1. The second kappa shape index (κ2) is 11.2. The van der Waals surface area contributed by atoms with Crippen molar-refractivity contribution in [2.45, 2.75) is 39.1 Å². The molecule has 1 saturated heterocycles. The fourth-order valence-electron chi connectivity index (χ4n) is 4.93. The predicted octanol–water partition coefficient (Wildman–Crippen LogP) is 3.39. The topological polar surface area (TPSA) is 119 Å². The van der Waals surface area contributed by atoms with Crippen LogP contribution >= 0.6 is 0 Å². The summed E-state index contributed by atoms with van der Waals surface area (Å²) in [6.07, 6.45) is 3.82. The van der Waals surface area contributed by atoms with E-state index in [0.29, 0.717) is 29.8 Å². The average Bonchev–Trinajstić information content (AvgIpc) is 3.50. The summed E-state index contributed by atoms with van der Waals surface area (Å²) >= 11 is 0. The van der Waals surface area contributed by atoms with Crippen molar-refractivity contribution in [3.63, 3.8) is 0 Å². The number of halogens is 1. The van der Waals surface area contributed by atoms with E-state index in [1.54, 1.807) is 24.1 Å². The molecular formula is C27H36FN9O2. The van der Waals surface area contributed by atoms with E-state index in [1.165, 1.54) is 0 Å². The molecule has 12 heteroatoms. The molecule has 1 aliphatic heterocycles. The van der Waals surface area contributed by atoms with Crippen molar-refractivity contribution >= 4 is 28.2 Å². The Bertz CT molecular complexity index is 1440. The van der Waals surface area contributed by atoms with E-state index in [4.69, 9.17) is 4.74 Å². The summed E-state index contributed by atoms with van der Waals surface area (Å²) in [7, 11) is 3.91. The van der Waals surface area contributed by atoms with Gasteiger partial charge in [0.2, 0.25) is 5.95 Å². The monoisotopic (exact) mass is 537 g/mol. The minimum atomic E-state index is -0.788. The number of fused-ring (bicyclic) bond motifs is 1. The Morgan fingerprint density at radius 1 is 1.26 bits per heavy atom. The first-order chi connectivity index (χ1) is 18.7. The number of aliphatic hydroxyl groups excluding tert-OH is 1. The second-order valence-corrected chi connectivity index (χ2v) is 10.1. The number of piperazine rings is 1. The quantitative estimate of drug-likeness (QED) is 0.238. The van der Waals surface area contributed by atoms with Crippen LogP contribution in [0.4, 0.5) is 21.7 Å². The molecule has 1 fully saturated rings. The lowest BCUT2D eigenvalue weighted by Crippen LogP contribution is -2.56. The van der Waals surface area contributed by atoms with Crippen molar-refractivity contribution in [3.05, 3.63) is 42.6 Å². The van der Waals surface area contributed by atoms with Crippen LogP contribution in [0.15, 0.2) is 36.8 Å². The lowest BCUT2D eigenvalue weighted by atomic mass is 10.1. The Kier molecular flexibility index (Phi) is 7.69. The summed E-state index contributed by atoms with van der Waals surface area (Å²) in [5, 5.41) is 22.4. The van der Waals surface area contributed by atoms with E-state index >= 15 is 4.39 Å². The molecule has 0 aliphatic carbocycles. The van der Waals surface area contributed by atoms with E-state index < -0.39 is 12.0 Å². The highest BCUT2D eigenvalue weighted by Gasteiger charge is 2.28. The predicted molar refractivity (Wildman–Crippen MR) is 150 cm³/mol. The number of H-pyrrole nitrogens is 1. The van der Waals surface area contributed by atoms with Crippen LogP contribution in [0.25, 0.3) is 22.2 Å². The van der Waals surface area contributed by atoms with Gasteiger partial charge in [0.25, 0.3) is 5.88 Å². The number of hydrogen-bond acceptors (Lipinski definition) is 9. The number of ether oxygens (including phenoxy) is 1. The number of aliphatic hydroxyl groups is 1. The van der Waals surface area contributed by atoms with Crippen molar-refractivity contribution < 1.29 is 14.2 Å². The lowest BCUT2D eigenvalue weighted by Gasteiger charge is -2.42. The maximum Gasteiger partial charge on any atom is 0.256 e. The summed E-state index contributed by atoms with van der Waals surface area (Å²) in [4.78, 5) is 16.5. The Hall–Kier alpha value is -3.74. The lowest BCUT2D eigenvalue weighted by molar-refractivity contribution is 0.0253. The maximum absolute atomic E-state index is 15.0. The fourth-order valence-corrected chi connectivity index (χ4v) is 4.93. The van der Waals surface area contributed by atoms with Crippen LogP contribution in [0.1, 0.15) is 20.8 Å². The number of aromatic nitrogens is 5. The van der Waals surface area contributed by atoms with Crippen LogP contribution in [0, 0.1) is 5.82 Å². The molecule has 0 spiro atoms. The van der Waals surface area contributed by atoms with Crippen molar-refractivity contribution in [1.29, 1.82) is 0 Å². The first-order valence-electron chi connectivity index (χ1n) is 13.2. The number of aromatic amines is 1. The molecule has 39 heavy (non-hydrogen) atoms. The van der Waals surface area contributed by atoms with Crippen LogP contribution in [-0.4, -0.2) is 91.2 Å². The molecule has 4 aromatic rings. The van der Waals surface area contributed by atoms with Gasteiger partial charge in [-0.3, -0.25) is 9.58 Å². The van der Waals surface area contributed by atoms with Crippen molar-refractivity contribution in [2.24, 2.45) is 7.05 Å². The van der Waals surface area contributed by atoms with E-state index in [9.17, 15) is 5.11 Å². The third kappa shape index (κ3) is 5.54. The molecule has 5 rings (SSSR count). The number of anilines is 3. The molecule has 1 aromatic carbocycles. The van der Waals surface area contributed by atoms with Crippen molar-refractivity contribution in [3.8, 4) is 17.1 Å². The maximum atomic E-state index is 15.0. The molecule has 0 amide bonds. The Morgan fingerprint density at radius 3 is 2.85 bits per heavy atom. The summed E-state index contributed by atoms with van der Waals surface area (Å²) in [6, 6.07) is 6.00. The first-order valence-corrected chi connectivity index (χ1v) is 13.2. The van der Waals surface area contributed by atoms with Gasteiger partial charge in [-0.15, -0.1) is 5.10 Å². The number of nitrogens with zero attached hydrogens (tertiary/aromatic N) is 6. The minimum absolute atomic E-state index is 0.0900. The van der Waals surface area contributed by atoms with Crippen LogP contribution in [0.5, 0.6) is 5.88 Å². The molecule has 4 N–H and O–H groups in total. The minimum Gasteiger partial charge on any atom is -0.475 e. The fraction of sp³-hybridized carbons (Fsp3) is 0.444. The van der Waals surface area contributed by atoms with Crippen molar-refractivity contribution in [2.75, 3.05) is 43.9 Å². The molecule has 0 radical (unpaired) electrons. The molecule has 208 valence electrons. The molecule has 11 nitrogen and oxygen atoms in total. The highest BCUT2D eigenvalue weighted by Crippen LogP contribution is 2.34. The normalized spacial score (nSPS) is 18.3. The van der Waals surface area contributed by atoms with Gasteiger partial charge in [-0.2, -0.15) is 0 Å². The molecule has 4 heterocycles. The summed E-state index contributed by atoms with van der Waals surface area (Å²) in [5.41, 5.74) is 2.80. The van der Waals surface area contributed by atoms with Gasteiger partial charge in [0.1, 0.15) is 17.6 Å². The van der Waals surface area contributed by atoms with Crippen LogP contribution in [0.3, 0.4) is 0 Å². The zero-order chi connectivity index (χ0) is 27.7. The molecule has 0 bridgehead atoms. The van der Waals surface area contributed by atoms with E-state index in [0.717, 1.165) is 42.4 Å². The third-order valence-corrected chi connectivity index (χ3v) is 7.36. The van der Waals surface area contributed by atoms with Crippen LogP contribution < -0.4 is 15.4 Å². The first kappa shape index (κ1) is 26.9. The molecule has 3 aromatic heterocycles. The molecule has 0 saturated carbocycles. The second-order valence-electron chi connectivity index (χ2n) is 10.1. The smallest absolute Gasteiger partial charge is 0.256 e. The average molecular weight is 538 g/mol. The summed E-state index contributed by atoms with van der Waals surface area (Å²) in [5.74, 6) is 0.0830. The van der Waals surface area contributed by atoms with E-state index in [2.05, 4.69) is 54.5 Å². The number of benzene rings is 1. The van der Waals surface area contributed by atoms with E-state index in [1.807, 2.05) is 32.0 Å². The van der Waals surface area contributed by atoms with Crippen LogP contribution in [0.2, 0.25) is 0 Å². The Labute approximate surface area is 227 Å². The summed E-state index contributed by atoms with van der Waals surface area (Å²) in [6.45, 7) is 9.30. The number of likely N-dealkylation sites (N-methyl/N-ethyl adjacent to an activating group) is 1. The van der Waals surface area contributed by atoms with Crippen LogP contribution in [-0.2, 0) is 7.05 Å². The third-order valence-electron chi connectivity index (χ3n) is 7.36. The SMILES string of the molecule is CCOc1nn(C)cc1Nc1ncc(F)c(-c2c[nH]c3c(NC(O)[C@@H](C)N4CCN(C)[C@H](C)C4)cccc23)n1. The largest absolute Gasteiger partial charge is 0.475 e. The zero-order valence-electron chi connectivity index (χ0n) is 22.9. The van der Waals surface area contributed by atoms with Gasteiger partial charge >= 0.3 is 0 Å². The van der Waals surface area contributed by atoms with Crippen molar-refractivity contribution in [1.82, 2.24) is 34.5 Å².